The Bertz CT molecular complexity index is 516. The maximum Gasteiger partial charge on any atom is 0.416 e. The summed E-state index contributed by atoms with van der Waals surface area (Å²) in [6.45, 7) is 1.57. The number of benzene rings is 1. The minimum atomic E-state index is -4.63. The van der Waals surface area contributed by atoms with Crippen molar-refractivity contribution in [1.82, 2.24) is 5.32 Å². The molecule has 0 radical (unpaired) electrons. The highest BCUT2D eigenvalue weighted by Crippen LogP contribution is 2.30. The van der Waals surface area contributed by atoms with Crippen LogP contribution in [-0.2, 0) is 6.18 Å². The van der Waals surface area contributed by atoms with Gasteiger partial charge in [0.1, 0.15) is 5.82 Å². The first-order valence-corrected chi connectivity index (χ1v) is 5.36. The predicted octanol–water partition coefficient (Wildman–Crippen LogP) is 2.99. The summed E-state index contributed by atoms with van der Waals surface area (Å²) < 4.78 is 50.8. The topological polar surface area (TPSA) is 29.1 Å². The van der Waals surface area contributed by atoms with Gasteiger partial charge in [0.15, 0.2) is 0 Å². The van der Waals surface area contributed by atoms with Gasteiger partial charge in [-0.1, -0.05) is 0 Å². The zero-order valence-corrected chi connectivity index (χ0v) is 10.0. The van der Waals surface area contributed by atoms with Crippen LogP contribution >= 0.6 is 0 Å². The Morgan fingerprint density at radius 3 is 2.63 bits per heavy atom. The highest BCUT2D eigenvalue weighted by molar-refractivity contribution is 5.94. The molecule has 0 fully saturated rings. The second-order valence-electron chi connectivity index (χ2n) is 3.98. The second-order valence-corrected chi connectivity index (χ2v) is 3.98. The van der Waals surface area contributed by atoms with Crippen LogP contribution in [0.25, 0.3) is 0 Å². The molecule has 0 spiro atoms. The molecule has 0 saturated heterocycles. The molecule has 0 saturated carbocycles. The average molecular weight is 273 g/mol. The van der Waals surface area contributed by atoms with Crippen molar-refractivity contribution >= 4 is 5.91 Å². The molecule has 1 amide bonds. The lowest BCUT2D eigenvalue weighted by molar-refractivity contribution is -0.137. The van der Waals surface area contributed by atoms with Gasteiger partial charge < -0.3 is 5.32 Å². The molecule has 0 aliphatic rings. The van der Waals surface area contributed by atoms with Crippen molar-refractivity contribution in [3.8, 4) is 12.3 Å². The summed E-state index contributed by atoms with van der Waals surface area (Å²) in [5.41, 5.74) is -1.73. The fourth-order valence-corrected chi connectivity index (χ4v) is 1.40. The third-order valence-electron chi connectivity index (χ3n) is 2.34. The van der Waals surface area contributed by atoms with Crippen LogP contribution in [0.3, 0.4) is 0 Å². The second kappa shape index (κ2) is 5.74. The van der Waals surface area contributed by atoms with Crippen LogP contribution in [0.15, 0.2) is 18.2 Å². The highest BCUT2D eigenvalue weighted by atomic mass is 19.4. The SMILES string of the molecule is C#CCC(C)NC(=O)c1cc(C(F)(F)F)ccc1F. The van der Waals surface area contributed by atoms with Crippen molar-refractivity contribution in [2.45, 2.75) is 25.6 Å². The molecule has 1 rings (SSSR count). The fourth-order valence-electron chi connectivity index (χ4n) is 1.40. The summed E-state index contributed by atoms with van der Waals surface area (Å²) in [5.74, 6) is 0.346. The van der Waals surface area contributed by atoms with Gasteiger partial charge in [-0.05, 0) is 25.1 Å². The van der Waals surface area contributed by atoms with E-state index in [1.165, 1.54) is 0 Å². The number of hydrogen-bond acceptors (Lipinski definition) is 1. The fraction of sp³-hybridized carbons (Fsp3) is 0.308. The van der Waals surface area contributed by atoms with E-state index in [2.05, 4.69) is 11.2 Å². The standard InChI is InChI=1S/C13H11F4NO/c1-3-4-8(2)18-12(19)10-7-9(13(15,16)17)5-6-11(10)14/h1,5-8H,4H2,2H3,(H,18,19). The third-order valence-corrected chi connectivity index (χ3v) is 2.34. The van der Waals surface area contributed by atoms with Crippen LogP contribution in [0.5, 0.6) is 0 Å². The molecule has 1 aromatic rings. The summed E-state index contributed by atoms with van der Waals surface area (Å²) in [4.78, 5) is 11.6. The van der Waals surface area contributed by atoms with E-state index in [9.17, 15) is 22.4 Å². The normalized spacial score (nSPS) is 12.6. The van der Waals surface area contributed by atoms with Crippen molar-refractivity contribution in [1.29, 1.82) is 0 Å². The zero-order valence-electron chi connectivity index (χ0n) is 10.0. The number of nitrogens with one attached hydrogen (secondary N) is 1. The Hall–Kier alpha value is -2.03. The largest absolute Gasteiger partial charge is 0.416 e. The number of amides is 1. The van der Waals surface area contributed by atoms with E-state index in [0.29, 0.717) is 18.2 Å². The Labute approximate surface area is 107 Å². The molecule has 0 aliphatic carbocycles. The highest BCUT2D eigenvalue weighted by Gasteiger charge is 2.32. The number of carbonyl (C=O) groups is 1. The minimum absolute atomic E-state index is 0.201. The van der Waals surface area contributed by atoms with Gasteiger partial charge in [-0.3, -0.25) is 4.79 Å². The first-order chi connectivity index (χ1) is 8.75. The van der Waals surface area contributed by atoms with Gasteiger partial charge in [-0.2, -0.15) is 13.2 Å². The summed E-state index contributed by atoms with van der Waals surface area (Å²) in [6.07, 6.45) is 0.600. The van der Waals surface area contributed by atoms with E-state index in [-0.39, 0.29) is 6.42 Å². The minimum Gasteiger partial charge on any atom is -0.349 e. The quantitative estimate of drug-likeness (QED) is 0.665. The van der Waals surface area contributed by atoms with Crippen molar-refractivity contribution in [3.63, 3.8) is 0 Å². The Balaban J connectivity index is 3.00. The van der Waals surface area contributed by atoms with E-state index >= 15 is 0 Å². The van der Waals surface area contributed by atoms with E-state index < -0.39 is 35.1 Å². The van der Waals surface area contributed by atoms with Crippen molar-refractivity contribution in [2.24, 2.45) is 0 Å². The molecular weight excluding hydrogens is 262 g/mol. The summed E-state index contributed by atoms with van der Waals surface area (Å²) in [7, 11) is 0. The lowest BCUT2D eigenvalue weighted by atomic mass is 10.1. The zero-order chi connectivity index (χ0) is 14.6. The lowest BCUT2D eigenvalue weighted by Gasteiger charge is -2.13. The van der Waals surface area contributed by atoms with Crippen LogP contribution in [0.4, 0.5) is 17.6 Å². The average Bonchev–Trinajstić information content (AvgIpc) is 2.27. The van der Waals surface area contributed by atoms with Crippen LogP contribution in [0.1, 0.15) is 29.3 Å². The Morgan fingerprint density at radius 1 is 1.47 bits per heavy atom. The molecule has 1 atom stereocenters. The van der Waals surface area contributed by atoms with Gasteiger partial charge in [0, 0.05) is 12.5 Å². The van der Waals surface area contributed by atoms with Gasteiger partial charge in [-0.15, -0.1) is 12.3 Å². The molecule has 19 heavy (non-hydrogen) atoms. The molecular formula is C13H11F4NO. The van der Waals surface area contributed by atoms with Crippen molar-refractivity contribution in [2.75, 3.05) is 0 Å². The summed E-state index contributed by atoms with van der Waals surface area (Å²) in [6, 6.07) is 1.22. The predicted molar refractivity (Wildman–Crippen MR) is 61.8 cm³/mol. The van der Waals surface area contributed by atoms with Crippen molar-refractivity contribution in [3.05, 3.63) is 35.1 Å². The first-order valence-electron chi connectivity index (χ1n) is 5.36. The summed E-state index contributed by atoms with van der Waals surface area (Å²) >= 11 is 0. The van der Waals surface area contributed by atoms with Crippen LogP contribution < -0.4 is 5.32 Å². The maximum absolute atomic E-state index is 13.4. The molecule has 2 nitrogen and oxygen atoms in total. The van der Waals surface area contributed by atoms with E-state index in [1.54, 1.807) is 6.92 Å². The van der Waals surface area contributed by atoms with Gasteiger partial charge in [-0.25, -0.2) is 4.39 Å². The van der Waals surface area contributed by atoms with Gasteiger partial charge >= 0.3 is 6.18 Å². The molecule has 1 aromatic carbocycles. The molecule has 1 unspecified atom stereocenters. The number of alkyl halides is 3. The monoisotopic (exact) mass is 273 g/mol. The van der Waals surface area contributed by atoms with E-state index in [0.717, 1.165) is 0 Å². The number of rotatable bonds is 3. The molecule has 1 N–H and O–H groups in total. The van der Waals surface area contributed by atoms with E-state index in [1.807, 2.05) is 0 Å². The first kappa shape index (κ1) is 15.0. The van der Waals surface area contributed by atoms with Gasteiger partial charge in [0.05, 0.1) is 11.1 Å². The van der Waals surface area contributed by atoms with Crippen LogP contribution in [-0.4, -0.2) is 11.9 Å². The molecule has 6 heteroatoms. The number of terminal acetylenes is 1. The lowest BCUT2D eigenvalue weighted by Crippen LogP contribution is -2.33. The smallest absolute Gasteiger partial charge is 0.349 e. The Kier molecular flexibility index (Phi) is 4.54. The molecule has 0 aromatic heterocycles. The molecule has 102 valence electrons. The maximum atomic E-state index is 13.4. The number of hydrogen-bond donors (Lipinski definition) is 1. The summed E-state index contributed by atoms with van der Waals surface area (Å²) in [5, 5.41) is 2.33. The molecule has 0 heterocycles. The number of carbonyl (C=O) groups excluding carboxylic acids is 1. The van der Waals surface area contributed by atoms with Crippen LogP contribution in [0, 0.1) is 18.2 Å². The van der Waals surface area contributed by atoms with Gasteiger partial charge in [0.2, 0.25) is 0 Å². The Morgan fingerprint density at radius 2 is 2.11 bits per heavy atom. The van der Waals surface area contributed by atoms with E-state index in [4.69, 9.17) is 6.42 Å². The van der Waals surface area contributed by atoms with Crippen LogP contribution in [0.2, 0.25) is 0 Å². The van der Waals surface area contributed by atoms with Gasteiger partial charge in [0.25, 0.3) is 5.91 Å². The molecule has 0 bridgehead atoms. The third kappa shape index (κ3) is 3.98. The van der Waals surface area contributed by atoms with Crippen molar-refractivity contribution < 1.29 is 22.4 Å². The number of halogens is 4. The molecule has 0 aliphatic heterocycles.